The second-order valence-corrected chi connectivity index (χ2v) is 11.3. The van der Waals surface area contributed by atoms with Gasteiger partial charge in [-0.25, -0.2) is 15.0 Å². The molecule has 0 saturated heterocycles. The Labute approximate surface area is 239 Å². The maximum Gasteiger partial charge on any atom is 0.164 e. The molecule has 0 amide bonds. The summed E-state index contributed by atoms with van der Waals surface area (Å²) in [4.78, 5) is 15.2. The van der Waals surface area contributed by atoms with E-state index in [0.717, 1.165) is 16.7 Å². The van der Waals surface area contributed by atoms with E-state index in [4.69, 9.17) is 15.0 Å². The van der Waals surface area contributed by atoms with Crippen LogP contribution in [-0.4, -0.2) is 15.0 Å². The second-order valence-electron chi connectivity index (χ2n) is 11.3. The van der Waals surface area contributed by atoms with Crippen molar-refractivity contribution in [1.82, 2.24) is 15.0 Å². The van der Waals surface area contributed by atoms with Crippen LogP contribution in [0.2, 0.25) is 0 Å². The molecule has 0 saturated carbocycles. The summed E-state index contributed by atoms with van der Waals surface area (Å²) < 4.78 is 0. The summed E-state index contributed by atoms with van der Waals surface area (Å²) in [6.07, 6.45) is 0. The molecule has 0 N–H and O–H groups in total. The molecule has 6 aromatic carbocycles. The van der Waals surface area contributed by atoms with E-state index in [0.29, 0.717) is 17.5 Å². The monoisotopic (exact) mass is 525 g/mol. The zero-order valence-electron chi connectivity index (χ0n) is 23.0. The van der Waals surface area contributed by atoms with Crippen molar-refractivity contribution >= 4 is 21.5 Å². The summed E-state index contributed by atoms with van der Waals surface area (Å²) in [6.45, 7) is 4.60. The fraction of sp³-hybridized carbons (Fsp3) is 0.0789. The lowest BCUT2D eigenvalue weighted by Crippen LogP contribution is -2.14. The van der Waals surface area contributed by atoms with Crippen molar-refractivity contribution in [3.63, 3.8) is 0 Å². The number of hydrogen-bond acceptors (Lipinski definition) is 3. The quantitative estimate of drug-likeness (QED) is 0.216. The minimum atomic E-state index is -0.0961. The fourth-order valence-electron chi connectivity index (χ4n) is 6.36. The SMILES string of the molecule is CC1(C)c2ccccc2-c2c(-c3nc(-c4ccccc4)nc(-c4ccc5cc6ccccc6cc5c4)n3)cccc21. The molecule has 194 valence electrons. The van der Waals surface area contributed by atoms with Crippen molar-refractivity contribution in [2.45, 2.75) is 19.3 Å². The minimum absolute atomic E-state index is 0.0961. The highest BCUT2D eigenvalue weighted by atomic mass is 15.0. The number of hydrogen-bond donors (Lipinski definition) is 0. The smallest absolute Gasteiger partial charge is 0.164 e. The molecule has 0 bridgehead atoms. The second kappa shape index (κ2) is 8.94. The van der Waals surface area contributed by atoms with Crippen molar-refractivity contribution in [3.05, 3.63) is 139 Å². The van der Waals surface area contributed by atoms with Crippen molar-refractivity contribution < 1.29 is 0 Å². The Hall–Kier alpha value is -5.15. The Balaban J connectivity index is 1.37. The molecule has 0 aliphatic heterocycles. The van der Waals surface area contributed by atoms with Gasteiger partial charge in [-0.15, -0.1) is 0 Å². The third-order valence-corrected chi connectivity index (χ3v) is 8.48. The van der Waals surface area contributed by atoms with Crippen LogP contribution in [0.4, 0.5) is 0 Å². The van der Waals surface area contributed by atoms with Gasteiger partial charge < -0.3 is 0 Å². The Kier molecular flexibility index (Phi) is 5.17. The van der Waals surface area contributed by atoms with Gasteiger partial charge in [-0.05, 0) is 62.0 Å². The Bertz CT molecular complexity index is 2130. The van der Waals surface area contributed by atoms with Crippen LogP contribution < -0.4 is 0 Å². The van der Waals surface area contributed by atoms with Gasteiger partial charge in [0.05, 0.1) is 0 Å². The minimum Gasteiger partial charge on any atom is -0.208 e. The molecule has 7 aromatic rings. The van der Waals surface area contributed by atoms with E-state index in [-0.39, 0.29) is 5.41 Å². The first-order valence-corrected chi connectivity index (χ1v) is 14.0. The van der Waals surface area contributed by atoms with Gasteiger partial charge in [0.25, 0.3) is 0 Å². The summed E-state index contributed by atoms with van der Waals surface area (Å²) in [7, 11) is 0. The van der Waals surface area contributed by atoms with Crippen LogP contribution in [0.3, 0.4) is 0 Å². The molecule has 0 atom stereocenters. The predicted molar refractivity (Wildman–Crippen MR) is 169 cm³/mol. The highest BCUT2D eigenvalue weighted by Crippen LogP contribution is 2.51. The van der Waals surface area contributed by atoms with Crippen LogP contribution in [-0.2, 0) is 5.41 Å². The van der Waals surface area contributed by atoms with Gasteiger partial charge in [-0.3, -0.25) is 0 Å². The normalized spacial score (nSPS) is 13.3. The molecule has 1 aliphatic carbocycles. The molecule has 1 aromatic heterocycles. The first-order valence-electron chi connectivity index (χ1n) is 14.0. The first-order chi connectivity index (χ1) is 20.1. The van der Waals surface area contributed by atoms with Gasteiger partial charge in [0, 0.05) is 22.1 Å². The average molecular weight is 526 g/mol. The standard InChI is InChI=1S/C38H27N3/c1-38(2)32-17-9-8-15-30(32)34-31(16-10-18-33(34)38)37-40-35(24-11-4-3-5-12-24)39-36(41-37)28-20-19-27-21-25-13-6-7-14-26(25)22-29(27)23-28/h3-23H,1-2H3. The van der Waals surface area contributed by atoms with E-state index >= 15 is 0 Å². The van der Waals surface area contributed by atoms with Crippen LogP contribution in [0.5, 0.6) is 0 Å². The highest BCUT2D eigenvalue weighted by molar-refractivity contribution is 5.99. The maximum absolute atomic E-state index is 5.14. The average Bonchev–Trinajstić information content (AvgIpc) is 3.26. The number of rotatable bonds is 3. The Morgan fingerprint density at radius 1 is 0.415 bits per heavy atom. The lowest BCUT2D eigenvalue weighted by Gasteiger charge is -2.21. The molecular weight excluding hydrogens is 498 g/mol. The molecule has 0 fully saturated rings. The number of benzene rings is 6. The summed E-state index contributed by atoms with van der Waals surface area (Å²) >= 11 is 0. The third kappa shape index (κ3) is 3.77. The van der Waals surface area contributed by atoms with Crippen molar-refractivity contribution in [2.75, 3.05) is 0 Å². The Morgan fingerprint density at radius 2 is 1.00 bits per heavy atom. The van der Waals surface area contributed by atoms with Crippen molar-refractivity contribution in [2.24, 2.45) is 0 Å². The molecule has 1 aliphatic rings. The number of nitrogens with zero attached hydrogens (tertiary/aromatic N) is 3. The molecule has 0 unspecified atom stereocenters. The van der Waals surface area contributed by atoms with Crippen LogP contribution >= 0.6 is 0 Å². The zero-order chi connectivity index (χ0) is 27.6. The molecule has 0 radical (unpaired) electrons. The van der Waals surface area contributed by atoms with Gasteiger partial charge in [0.2, 0.25) is 0 Å². The topological polar surface area (TPSA) is 38.7 Å². The summed E-state index contributed by atoms with van der Waals surface area (Å²) in [6, 6.07) is 44.9. The summed E-state index contributed by atoms with van der Waals surface area (Å²) in [5, 5.41) is 4.83. The van der Waals surface area contributed by atoms with Crippen LogP contribution in [0.1, 0.15) is 25.0 Å². The first kappa shape index (κ1) is 23.7. The zero-order valence-corrected chi connectivity index (χ0v) is 23.0. The van der Waals surface area contributed by atoms with Crippen molar-refractivity contribution in [3.8, 4) is 45.3 Å². The summed E-state index contributed by atoms with van der Waals surface area (Å²) in [5.74, 6) is 2.04. The van der Waals surface area contributed by atoms with E-state index in [2.05, 4.69) is 123 Å². The molecule has 3 nitrogen and oxygen atoms in total. The Morgan fingerprint density at radius 3 is 1.80 bits per heavy atom. The number of fused-ring (bicyclic) bond motifs is 5. The van der Waals surface area contributed by atoms with E-state index in [1.807, 2.05) is 18.2 Å². The van der Waals surface area contributed by atoms with Gasteiger partial charge in [-0.1, -0.05) is 123 Å². The molecule has 41 heavy (non-hydrogen) atoms. The van der Waals surface area contributed by atoms with E-state index in [9.17, 15) is 0 Å². The van der Waals surface area contributed by atoms with Gasteiger partial charge in [0.15, 0.2) is 17.5 Å². The fourth-order valence-corrected chi connectivity index (χ4v) is 6.36. The molecule has 0 spiro atoms. The van der Waals surface area contributed by atoms with Gasteiger partial charge in [0.1, 0.15) is 0 Å². The molecule has 3 heteroatoms. The molecule has 8 rings (SSSR count). The van der Waals surface area contributed by atoms with Crippen molar-refractivity contribution in [1.29, 1.82) is 0 Å². The molecular formula is C38H27N3. The van der Waals surface area contributed by atoms with Crippen LogP contribution in [0.15, 0.2) is 127 Å². The lowest BCUT2D eigenvalue weighted by molar-refractivity contribution is 0.660. The van der Waals surface area contributed by atoms with E-state index in [1.54, 1.807) is 0 Å². The lowest BCUT2D eigenvalue weighted by atomic mass is 9.82. The summed E-state index contributed by atoms with van der Waals surface area (Å²) in [5.41, 5.74) is 7.99. The van der Waals surface area contributed by atoms with E-state index < -0.39 is 0 Å². The predicted octanol–water partition coefficient (Wildman–Crippen LogP) is 9.49. The van der Waals surface area contributed by atoms with Crippen LogP contribution in [0.25, 0.3) is 66.8 Å². The van der Waals surface area contributed by atoms with Gasteiger partial charge in [-0.2, -0.15) is 0 Å². The van der Waals surface area contributed by atoms with E-state index in [1.165, 1.54) is 43.8 Å². The van der Waals surface area contributed by atoms with Crippen LogP contribution in [0, 0.1) is 0 Å². The number of aromatic nitrogens is 3. The maximum atomic E-state index is 5.14. The van der Waals surface area contributed by atoms with Gasteiger partial charge >= 0.3 is 0 Å². The molecule has 1 heterocycles. The largest absolute Gasteiger partial charge is 0.208 e. The highest BCUT2D eigenvalue weighted by Gasteiger charge is 2.37. The third-order valence-electron chi connectivity index (χ3n) is 8.48.